The van der Waals surface area contributed by atoms with Gasteiger partial charge in [0.25, 0.3) is 0 Å². The van der Waals surface area contributed by atoms with E-state index in [9.17, 15) is 19.8 Å². The number of rotatable bonds is 9. The second-order valence-electron chi connectivity index (χ2n) is 14.3. The largest absolute Gasteiger partial charge is 0.455 e. The smallest absolute Gasteiger partial charge is 0.338 e. The molecule has 0 amide bonds. The van der Waals surface area contributed by atoms with Gasteiger partial charge in [-0.2, -0.15) is 0 Å². The molecule has 6 fully saturated rings. The van der Waals surface area contributed by atoms with Gasteiger partial charge in [-0.3, -0.25) is 9.69 Å². The van der Waals surface area contributed by atoms with E-state index < -0.39 is 64.8 Å². The highest BCUT2D eigenvalue weighted by Gasteiger charge is 2.91. The molecule has 2 N–H and O–H groups in total. The Kier molecular flexibility index (Phi) is 7.48. The van der Waals surface area contributed by atoms with Crippen molar-refractivity contribution in [1.82, 2.24) is 4.90 Å². The summed E-state index contributed by atoms with van der Waals surface area (Å²) in [7, 11) is 6.59. The Morgan fingerprint density at radius 2 is 1.76 bits per heavy atom. The van der Waals surface area contributed by atoms with Crippen LogP contribution in [0.4, 0.5) is 0 Å². The Labute approximate surface area is 264 Å². The van der Waals surface area contributed by atoms with Crippen LogP contribution in [0.15, 0.2) is 30.3 Å². The van der Waals surface area contributed by atoms with Crippen molar-refractivity contribution in [2.24, 2.45) is 34.5 Å². The highest BCUT2D eigenvalue weighted by Crippen LogP contribution is 2.80. The molecule has 5 saturated carbocycles. The first-order valence-electron chi connectivity index (χ1n) is 16.2. The highest BCUT2D eigenvalue weighted by molar-refractivity contribution is 5.89. The third-order valence-electron chi connectivity index (χ3n) is 13.0. The number of hydrogen-bond donors (Lipinski definition) is 2. The minimum atomic E-state index is -1.76. The molecule has 45 heavy (non-hydrogen) atoms. The van der Waals surface area contributed by atoms with Crippen molar-refractivity contribution in [1.29, 1.82) is 0 Å². The molecule has 0 aromatic heterocycles. The maximum absolute atomic E-state index is 13.7. The number of piperidine rings is 1. The van der Waals surface area contributed by atoms with Gasteiger partial charge < -0.3 is 38.6 Å². The lowest BCUT2D eigenvalue weighted by atomic mass is 9.43. The first-order valence-corrected chi connectivity index (χ1v) is 16.2. The van der Waals surface area contributed by atoms with Crippen molar-refractivity contribution >= 4 is 11.9 Å². The van der Waals surface area contributed by atoms with Gasteiger partial charge in [-0.1, -0.05) is 25.1 Å². The van der Waals surface area contributed by atoms with E-state index in [-0.39, 0.29) is 35.8 Å². The van der Waals surface area contributed by atoms with Gasteiger partial charge in [0.2, 0.25) is 0 Å². The number of ether oxygens (including phenoxy) is 6. The fraction of sp³-hybridized carbons (Fsp3) is 0.765. The van der Waals surface area contributed by atoms with Crippen LogP contribution in [-0.4, -0.2) is 123 Å². The fourth-order valence-corrected chi connectivity index (χ4v) is 12.4. The van der Waals surface area contributed by atoms with Gasteiger partial charge in [-0.25, -0.2) is 4.79 Å². The monoisotopic (exact) mass is 629 g/mol. The van der Waals surface area contributed by atoms with Crippen LogP contribution in [0.25, 0.3) is 0 Å². The van der Waals surface area contributed by atoms with Gasteiger partial charge in [0.15, 0.2) is 5.60 Å². The first kappa shape index (κ1) is 31.5. The molecule has 11 heteroatoms. The summed E-state index contributed by atoms with van der Waals surface area (Å²) in [4.78, 5) is 29.4. The van der Waals surface area contributed by atoms with E-state index in [1.165, 1.54) is 14.0 Å². The average molecular weight is 630 g/mol. The topological polar surface area (TPSA) is 133 Å². The molecular formula is C34H47NO10. The Balaban J connectivity index is 1.52. The number of hydrogen-bond acceptors (Lipinski definition) is 11. The number of methoxy groups -OCH3 is 4. The second kappa shape index (κ2) is 10.7. The molecule has 14 atom stereocenters. The number of benzene rings is 1. The lowest BCUT2D eigenvalue weighted by Crippen LogP contribution is -2.80. The number of carbonyl (C=O) groups excluding carboxylic acids is 2. The van der Waals surface area contributed by atoms with Crippen LogP contribution in [0.1, 0.15) is 43.5 Å². The van der Waals surface area contributed by atoms with Crippen LogP contribution in [0, 0.1) is 34.5 Å². The molecule has 5 aliphatic carbocycles. The average Bonchev–Trinajstić information content (AvgIpc) is 3.40. The molecule has 1 heterocycles. The molecule has 7 rings (SSSR count). The number of fused-ring (bicyclic) bond motifs is 2. The van der Waals surface area contributed by atoms with Crippen LogP contribution >= 0.6 is 0 Å². The molecule has 11 nitrogen and oxygen atoms in total. The predicted molar refractivity (Wildman–Crippen MR) is 159 cm³/mol. The zero-order chi connectivity index (χ0) is 32.1. The molecule has 1 spiro atoms. The van der Waals surface area contributed by atoms with Crippen molar-refractivity contribution in [2.45, 2.75) is 80.9 Å². The number of aliphatic hydroxyl groups excluding tert-OH is 1. The molecule has 1 aromatic rings. The SMILES string of the molecule is CCN1C[C@]2(COC)CC[C@H](OC)[C@@]34[C@@H]5C[C@@]6(O)[C@H](OC(=O)c7ccccc7)[C@@H]5[C@@](OC(C)=O)([C@@H]([C@H](OC)[C@H]23)[C@@H]14)[C@@H](O)[C@@H]6OC. The predicted octanol–water partition coefficient (Wildman–Crippen LogP) is 1.68. The zero-order valence-corrected chi connectivity index (χ0v) is 27.0. The van der Waals surface area contributed by atoms with Crippen molar-refractivity contribution in [3.63, 3.8) is 0 Å². The Morgan fingerprint density at radius 1 is 1.02 bits per heavy atom. The Bertz CT molecular complexity index is 1330. The van der Waals surface area contributed by atoms with Crippen molar-refractivity contribution in [2.75, 3.05) is 48.1 Å². The molecule has 248 valence electrons. The number of esters is 2. The normalized spacial score (nSPS) is 49.1. The summed E-state index contributed by atoms with van der Waals surface area (Å²) >= 11 is 0. The molecular weight excluding hydrogens is 582 g/mol. The lowest BCUT2D eigenvalue weighted by Gasteiger charge is -2.69. The molecule has 1 aliphatic heterocycles. The maximum Gasteiger partial charge on any atom is 0.338 e. The van der Waals surface area contributed by atoms with Crippen LogP contribution < -0.4 is 0 Å². The van der Waals surface area contributed by atoms with Crippen LogP contribution in [-0.2, 0) is 33.2 Å². The maximum atomic E-state index is 13.7. The summed E-state index contributed by atoms with van der Waals surface area (Å²) in [6.45, 7) is 5.44. The summed E-state index contributed by atoms with van der Waals surface area (Å²) in [5.74, 6) is -2.95. The van der Waals surface area contributed by atoms with Gasteiger partial charge in [0.05, 0.1) is 24.4 Å². The summed E-state index contributed by atoms with van der Waals surface area (Å²) in [5.41, 5.74) is -3.92. The van der Waals surface area contributed by atoms with E-state index in [0.717, 1.165) is 19.4 Å². The summed E-state index contributed by atoms with van der Waals surface area (Å²) in [6, 6.07) is 8.42. The van der Waals surface area contributed by atoms with Gasteiger partial charge in [-0.05, 0) is 43.9 Å². The molecule has 1 saturated heterocycles. The van der Waals surface area contributed by atoms with E-state index in [0.29, 0.717) is 18.7 Å². The fourth-order valence-electron chi connectivity index (χ4n) is 12.4. The van der Waals surface area contributed by atoms with Crippen molar-refractivity contribution in [3.8, 4) is 0 Å². The van der Waals surface area contributed by atoms with Crippen molar-refractivity contribution in [3.05, 3.63) is 35.9 Å². The van der Waals surface area contributed by atoms with Gasteiger partial charge in [0, 0.05) is 76.5 Å². The number of aliphatic hydroxyl groups is 2. The quantitative estimate of drug-likeness (QED) is 0.387. The third kappa shape index (κ3) is 3.66. The molecule has 0 radical (unpaired) electrons. The van der Waals surface area contributed by atoms with E-state index in [2.05, 4.69) is 11.8 Å². The van der Waals surface area contributed by atoms with E-state index in [1.54, 1.807) is 45.6 Å². The minimum absolute atomic E-state index is 0.101. The minimum Gasteiger partial charge on any atom is -0.455 e. The third-order valence-corrected chi connectivity index (χ3v) is 13.0. The van der Waals surface area contributed by atoms with Gasteiger partial charge >= 0.3 is 11.9 Å². The van der Waals surface area contributed by atoms with Crippen molar-refractivity contribution < 1.29 is 48.2 Å². The first-order chi connectivity index (χ1) is 21.6. The van der Waals surface area contributed by atoms with E-state index in [1.807, 2.05) is 6.07 Å². The van der Waals surface area contributed by atoms with E-state index in [4.69, 9.17) is 28.4 Å². The molecule has 7 bridgehead atoms. The summed E-state index contributed by atoms with van der Waals surface area (Å²) < 4.78 is 37.7. The van der Waals surface area contributed by atoms with Crippen LogP contribution in [0.5, 0.6) is 0 Å². The number of likely N-dealkylation sites (tertiary alicyclic amines) is 1. The highest BCUT2D eigenvalue weighted by atomic mass is 16.6. The molecule has 1 aromatic carbocycles. The van der Waals surface area contributed by atoms with Crippen LogP contribution in [0.3, 0.4) is 0 Å². The molecule has 6 aliphatic rings. The lowest BCUT2D eigenvalue weighted by molar-refractivity contribution is -0.317. The van der Waals surface area contributed by atoms with E-state index >= 15 is 0 Å². The van der Waals surface area contributed by atoms with Crippen LogP contribution in [0.2, 0.25) is 0 Å². The number of nitrogens with zero attached hydrogens (tertiary/aromatic N) is 1. The number of carbonyl (C=O) groups is 2. The Hall–Kier alpha value is -2.12. The standard InChI is InChI=1S/C34H47NO10/c1-7-35-16-31(17-40-3)14-13-21(41-4)33-20-15-32(39)28(44-30(38)19-11-9-8-10-12-19)22(20)34(45-18(2)36,27(37)29(32)43-6)23(26(33)35)24(42-5)25(31)33/h8-12,20-29,37,39H,7,13-17H2,1-6H3/t20-,21+,22-,23+,24+,25-,26-,27+,28-,29+,31+,32-,33+,34-/m1/s1. The molecule has 0 unspecified atom stereocenters. The Morgan fingerprint density at radius 3 is 2.36 bits per heavy atom. The summed E-state index contributed by atoms with van der Waals surface area (Å²) in [5, 5.41) is 25.3. The van der Waals surface area contributed by atoms with Gasteiger partial charge in [-0.15, -0.1) is 0 Å². The second-order valence-corrected chi connectivity index (χ2v) is 14.3. The zero-order valence-electron chi connectivity index (χ0n) is 27.0. The van der Waals surface area contributed by atoms with Gasteiger partial charge in [0.1, 0.15) is 23.9 Å². The summed E-state index contributed by atoms with van der Waals surface area (Å²) in [6.07, 6.45) is -2.64.